The molecule has 0 fully saturated rings. The number of aryl methyl sites for hydroxylation is 1. The fourth-order valence-corrected chi connectivity index (χ4v) is 3.04. The molecule has 128 valence electrons. The van der Waals surface area contributed by atoms with Gasteiger partial charge in [0.2, 0.25) is 0 Å². The summed E-state index contributed by atoms with van der Waals surface area (Å²) in [5.41, 5.74) is 5.23. The largest absolute Gasteiger partial charge is 0.338 e. The van der Waals surface area contributed by atoms with Crippen LogP contribution in [0, 0.1) is 6.92 Å². The normalized spacial score (nSPS) is 10.8. The number of nitrogens with one attached hydrogen (secondary N) is 2. The van der Waals surface area contributed by atoms with E-state index in [2.05, 4.69) is 28.3 Å². The average Bonchev–Trinajstić information content (AvgIpc) is 3.05. The Labute approximate surface area is 155 Å². The van der Waals surface area contributed by atoms with Crippen molar-refractivity contribution in [2.75, 3.05) is 5.32 Å². The topological polar surface area (TPSA) is 57.8 Å². The smallest absolute Gasteiger partial charge is 0.257 e. The molecule has 4 rings (SSSR count). The number of fused-ring (bicyclic) bond motifs is 1. The lowest BCUT2D eigenvalue weighted by molar-refractivity contribution is 0.102. The third kappa shape index (κ3) is 3.19. The van der Waals surface area contributed by atoms with Crippen LogP contribution in [0.3, 0.4) is 0 Å². The Morgan fingerprint density at radius 2 is 1.81 bits per heavy atom. The minimum absolute atomic E-state index is 0.234. The summed E-state index contributed by atoms with van der Waals surface area (Å²) >= 11 is 6.07. The number of halogens is 1. The number of amides is 1. The van der Waals surface area contributed by atoms with Crippen LogP contribution in [-0.4, -0.2) is 15.9 Å². The zero-order chi connectivity index (χ0) is 18.1. The predicted octanol–water partition coefficient (Wildman–Crippen LogP) is 5.44. The zero-order valence-corrected chi connectivity index (χ0v) is 14.8. The molecule has 2 N–H and O–H groups in total. The highest BCUT2D eigenvalue weighted by Crippen LogP contribution is 2.23. The molecule has 0 unspecified atom stereocenters. The molecule has 1 amide bonds. The van der Waals surface area contributed by atoms with Gasteiger partial charge in [-0.1, -0.05) is 29.8 Å². The van der Waals surface area contributed by atoms with Crippen LogP contribution in [-0.2, 0) is 0 Å². The number of anilines is 1. The van der Waals surface area contributed by atoms with Crippen LogP contribution in [0.25, 0.3) is 22.4 Å². The first-order valence-electron chi connectivity index (χ1n) is 8.23. The summed E-state index contributed by atoms with van der Waals surface area (Å²) in [6, 6.07) is 20.6. The minimum Gasteiger partial charge on any atom is -0.338 e. The van der Waals surface area contributed by atoms with E-state index in [1.165, 1.54) is 5.56 Å². The molecule has 3 aromatic carbocycles. The highest BCUT2D eigenvalue weighted by molar-refractivity contribution is 6.34. The van der Waals surface area contributed by atoms with Gasteiger partial charge in [0.1, 0.15) is 5.82 Å². The van der Waals surface area contributed by atoms with Gasteiger partial charge in [-0.25, -0.2) is 4.98 Å². The lowest BCUT2D eigenvalue weighted by atomic mass is 10.1. The summed E-state index contributed by atoms with van der Waals surface area (Å²) in [5, 5.41) is 3.29. The molecular formula is C21H16ClN3O. The van der Waals surface area contributed by atoms with Crippen LogP contribution < -0.4 is 5.32 Å². The van der Waals surface area contributed by atoms with Gasteiger partial charge in [0, 0.05) is 11.3 Å². The highest BCUT2D eigenvalue weighted by Gasteiger charge is 2.10. The standard InChI is InChI=1S/C21H16ClN3O/c1-13-6-11-18-19(12-13)25-20(24-18)14-7-9-15(10-8-14)23-21(26)16-4-2-3-5-17(16)22/h2-12H,1H3,(H,23,26)(H,24,25). The summed E-state index contributed by atoms with van der Waals surface area (Å²) in [4.78, 5) is 20.3. The summed E-state index contributed by atoms with van der Waals surface area (Å²) in [6.07, 6.45) is 0. The van der Waals surface area contributed by atoms with Crippen molar-refractivity contribution in [2.24, 2.45) is 0 Å². The van der Waals surface area contributed by atoms with Crippen molar-refractivity contribution in [3.8, 4) is 11.4 Å². The number of rotatable bonds is 3. The first-order chi connectivity index (χ1) is 12.6. The number of nitrogens with zero attached hydrogens (tertiary/aromatic N) is 1. The second-order valence-electron chi connectivity index (χ2n) is 6.12. The molecule has 5 heteroatoms. The molecule has 1 heterocycles. The fourth-order valence-electron chi connectivity index (χ4n) is 2.82. The van der Waals surface area contributed by atoms with Gasteiger partial charge in [-0.2, -0.15) is 0 Å². The van der Waals surface area contributed by atoms with Crippen LogP contribution in [0.2, 0.25) is 5.02 Å². The monoisotopic (exact) mass is 361 g/mol. The highest BCUT2D eigenvalue weighted by atomic mass is 35.5. The van der Waals surface area contributed by atoms with Gasteiger partial charge in [0.15, 0.2) is 0 Å². The van der Waals surface area contributed by atoms with Crippen LogP contribution in [0.5, 0.6) is 0 Å². The second kappa shape index (κ2) is 6.65. The number of carbonyl (C=O) groups excluding carboxylic acids is 1. The van der Waals surface area contributed by atoms with E-state index in [9.17, 15) is 4.79 Å². The molecule has 1 aromatic heterocycles. The number of carbonyl (C=O) groups is 1. The Morgan fingerprint density at radius 3 is 2.58 bits per heavy atom. The SMILES string of the molecule is Cc1ccc2nc(-c3ccc(NC(=O)c4ccccc4Cl)cc3)[nH]c2c1. The van der Waals surface area contributed by atoms with Crippen molar-refractivity contribution in [3.05, 3.63) is 82.9 Å². The summed E-state index contributed by atoms with van der Waals surface area (Å²) in [5.74, 6) is 0.567. The molecule has 26 heavy (non-hydrogen) atoms. The lowest BCUT2D eigenvalue weighted by Crippen LogP contribution is -2.12. The van der Waals surface area contributed by atoms with Crippen LogP contribution in [0.4, 0.5) is 5.69 Å². The number of benzene rings is 3. The van der Waals surface area contributed by atoms with Crippen molar-refractivity contribution < 1.29 is 4.79 Å². The molecule has 0 aliphatic heterocycles. The van der Waals surface area contributed by atoms with E-state index in [0.717, 1.165) is 22.4 Å². The van der Waals surface area contributed by atoms with Crippen molar-refractivity contribution in [2.45, 2.75) is 6.92 Å². The van der Waals surface area contributed by atoms with Crippen molar-refractivity contribution in [3.63, 3.8) is 0 Å². The van der Waals surface area contributed by atoms with Crippen molar-refractivity contribution in [1.29, 1.82) is 0 Å². The first-order valence-corrected chi connectivity index (χ1v) is 8.61. The van der Waals surface area contributed by atoms with Gasteiger partial charge in [0.25, 0.3) is 5.91 Å². The molecule has 4 aromatic rings. The maximum atomic E-state index is 12.3. The second-order valence-corrected chi connectivity index (χ2v) is 6.52. The van der Waals surface area contributed by atoms with Crippen molar-refractivity contribution >= 4 is 34.2 Å². The summed E-state index contributed by atoms with van der Waals surface area (Å²) in [6.45, 7) is 2.05. The molecule has 0 saturated carbocycles. The van der Waals surface area contributed by atoms with Gasteiger partial charge in [0.05, 0.1) is 21.6 Å². The molecule has 0 spiro atoms. The maximum Gasteiger partial charge on any atom is 0.257 e. The number of aromatic amines is 1. The molecular weight excluding hydrogens is 346 g/mol. The zero-order valence-electron chi connectivity index (χ0n) is 14.1. The third-order valence-corrected chi connectivity index (χ3v) is 4.50. The van der Waals surface area contributed by atoms with E-state index in [0.29, 0.717) is 16.3 Å². The summed E-state index contributed by atoms with van der Waals surface area (Å²) in [7, 11) is 0. The van der Waals surface area contributed by atoms with Crippen LogP contribution in [0.15, 0.2) is 66.7 Å². The molecule has 4 nitrogen and oxygen atoms in total. The van der Waals surface area contributed by atoms with E-state index in [1.54, 1.807) is 24.3 Å². The van der Waals surface area contributed by atoms with Crippen molar-refractivity contribution in [1.82, 2.24) is 9.97 Å². The number of aromatic nitrogens is 2. The van der Waals surface area contributed by atoms with Gasteiger partial charge >= 0.3 is 0 Å². The Hall–Kier alpha value is -3.11. The minimum atomic E-state index is -0.234. The molecule has 0 saturated heterocycles. The van der Waals surface area contributed by atoms with Gasteiger partial charge in [-0.3, -0.25) is 4.79 Å². The summed E-state index contributed by atoms with van der Waals surface area (Å²) < 4.78 is 0. The Bertz CT molecular complexity index is 1100. The lowest BCUT2D eigenvalue weighted by Gasteiger charge is -2.07. The molecule has 0 aliphatic carbocycles. The molecule has 0 aliphatic rings. The predicted molar refractivity (Wildman–Crippen MR) is 106 cm³/mol. The maximum absolute atomic E-state index is 12.3. The Morgan fingerprint density at radius 1 is 1.04 bits per heavy atom. The van der Waals surface area contributed by atoms with E-state index in [4.69, 9.17) is 11.6 Å². The Kier molecular flexibility index (Phi) is 4.19. The van der Waals surface area contributed by atoms with Gasteiger partial charge in [-0.05, 0) is 61.0 Å². The van der Waals surface area contributed by atoms with Gasteiger partial charge < -0.3 is 10.3 Å². The number of H-pyrrole nitrogens is 1. The van der Waals surface area contributed by atoms with Gasteiger partial charge in [-0.15, -0.1) is 0 Å². The van der Waals surface area contributed by atoms with E-state index in [1.807, 2.05) is 36.4 Å². The average molecular weight is 362 g/mol. The molecule has 0 radical (unpaired) electrons. The van der Waals surface area contributed by atoms with Crippen LogP contribution in [0.1, 0.15) is 15.9 Å². The Balaban J connectivity index is 1.56. The fraction of sp³-hybridized carbons (Fsp3) is 0.0476. The van der Waals surface area contributed by atoms with Crippen LogP contribution >= 0.6 is 11.6 Å². The quantitative estimate of drug-likeness (QED) is 0.510. The number of hydrogen-bond acceptors (Lipinski definition) is 2. The molecule has 0 atom stereocenters. The van der Waals surface area contributed by atoms with E-state index >= 15 is 0 Å². The number of hydrogen-bond donors (Lipinski definition) is 2. The third-order valence-electron chi connectivity index (χ3n) is 4.17. The molecule has 0 bridgehead atoms. The first kappa shape index (κ1) is 16.4. The van der Waals surface area contributed by atoms with E-state index in [-0.39, 0.29) is 5.91 Å². The van der Waals surface area contributed by atoms with E-state index < -0.39 is 0 Å². The number of imidazole rings is 1.